The van der Waals surface area contributed by atoms with Crippen LogP contribution in [0, 0.1) is 11.8 Å². The first kappa shape index (κ1) is 24.9. The topological polar surface area (TPSA) is 40.5 Å². The largest absolute Gasteiger partial charge is 0.389 e. The molecule has 1 rings (SSSR count). The molecule has 0 aromatic rings. The van der Waals surface area contributed by atoms with Gasteiger partial charge in [0.15, 0.2) is 0 Å². The van der Waals surface area contributed by atoms with Crippen molar-refractivity contribution in [2.75, 3.05) is 0 Å². The van der Waals surface area contributed by atoms with Crippen molar-refractivity contribution in [1.29, 1.82) is 0 Å². The summed E-state index contributed by atoms with van der Waals surface area (Å²) in [4.78, 5) is 0. The van der Waals surface area contributed by atoms with Crippen molar-refractivity contribution in [3.63, 3.8) is 0 Å². The van der Waals surface area contributed by atoms with Crippen LogP contribution in [0.1, 0.15) is 80.6 Å². The van der Waals surface area contributed by atoms with Crippen LogP contribution < -0.4 is 0 Å². The van der Waals surface area contributed by atoms with Crippen molar-refractivity contribution in [1.82, 2.24) is 0 Å². The second-order valence-electron chi connectivity index (χ2n) is 7.58. The second kappa shape index (κ2) is 14.0. The lowest BCUT2D eigenvalue weighted by Gasteiger charge is -2.32. The molecule has 0 aromatic heterocycles. The predicted molar refractivity (Wildman–Crippen MR) is 115 cm³/mol. The average molecular weight is 363 g/mol. The molecule has 0 amide bonds. The van der Waals surface area contributed by atoms with Crippen LogP contribution in [0.15, 0.2) is 47.1 Å². The standard InChI is InChI=1S/C22H36O2.C2H6/c1-16(2)8-6-9-17(3)10-7-11-18(4)12-13-20-19(5)21(23)14-15-22(20)24;1-2/h8,10,12,14-15,19-24H,6-7,9,11,13H2,1-5H3;1-2H3/b17-10+,18-12+;. The molecular weight excluding hydrogens is 320 g/mol. The zero-order chi connectivity index (χ0) is 20.1. The van der Waals surface area contributed by atoms with E-state index in [-0.39, 0.29) is 11.8 Å². The van der Waals surface area contributed by atoms with Crippen LogP contribution in [0.4, 0.5) is 0 Å². The molecule has 0 heterocycles. The highest BCUT2D eigenvalue weighted by Gasteiger charge is 2.30. The molecule has 0 aliphatic heterocycles. The summed E-state index contributed by atoms with van der Waals surface area (Å²) in [6.45, 7) is 14.7. The third-order valence-electron chi connectivity index (χ3n) is 5.02. The zero-order valence-electron chi connectivity index (χ0n) is 18.1. The van der Waals surface area contributed by atoms with Gasteiger partial charge in [-0.2, -0.15) is 0 Å². The van der Waals surface area contributed by atoms with Crippen molar-refractivity contribution in [3.8, 4) is 0 Å². The zero-order valence-corrected chi connectivity index (χ0v) is 18.1. The summed E-state index contributed by atoms with van der Waals surface area (Å²) >= 11 is 0. The molecule has 0 bridgehead atoms. The molecule has 0 radical (unpaired) electrons. The maximum Gasteiger partial charge on any atom is 0.0756 e. The highest BCUT2D eigenvalue weighted by atomic mass is 16.3. The van der Waals surface area contributed by atoms with Gasteiger partial charge < -0.3 is 10.2 Å². The van der Waals surface area contributed by atoms with Gasteiger partial charge in [-0.15, -0.1) is 0 Å². The molecule has 4 unspecified atom stereocenters. The minimum atomic E-state index is -0.440. The van der Waals surface area contributed by atoms with Crippen LogP contribution in [0.5, 0.6) is 0 Å². The van der Waals surface area contributed by atoms with E-state index in [9.17, 15) is 10.2 Å². The molecule has 2 nitrogen and oxygen atoms in total. The van der Waals surface area contributed by atoms with Crippen molar-refractivity contribution >= 4 is 0 Å². The summed E-state index contributed by atoms with van der Waals surface area (Å²) in [6.07, 6.45) is 14.7. The smallest absolute Gasteiger partial charge is 0.0756 e. The van der Waals surface area contributed by atoms with E-state index in [1.54, 1.807) is 12.2 Å². The maximum absolute atomic E-state index is 10.1. The summed E-state index contributed by atoms with van der Waals surface area (Å²) in [6, 6.07) is 0. The first-order valence-corrected chi connectivity index (χ1v) is 10.3. The van der Waals surface area contributed by atoms with E-state index in [1.165, 1.54) is 16.7 Å². The Morgan fingerprint density at radius 1 is 0.808 bits per heavy atom. The van der Waals surface area contributed by atoms with Crippen molar-refractivity contribution in [3.05, 3.63) is 47.1 Å². The van der Waals surface area contributed by atoms with Crippen LogP contribution >= 0.6 is 0 Å². The Hall–Kier alpha value is -1.12. The fourth-order valence-electron chi connectivity index (χ4n) is 3.14. The van der Waals surface area contributed by atoms with Gasteiger partial charge in [0.25, 0.3) is 0 Å². The molecule has 0 fully saturated rings. The van der Waals surface area contributed by atoms with E-state index < -0.39 is 12.2 Å². The number of aliphatic hydroxyl groups is 2. The summed E-state index contributed by atoms with van der Waals surface area (Å²) in [5.41, 5.74) is 4.22. The van der Waals surface area contributed by atoms with Gasteiger partial charge in [-0.25, -0.2) is 0 Å². The van der Waals surface area contributed by atoms with Crippen molar-refractivity contribution in [2.24, 2.45) is 11.8 Å². The SMILES string of the molecule is CC.CC(C)=CCC/C(C)=C/CC/C(C)=C/CC1C(O)C=CC(O)C1C. The number of aliphatic hydroxyl groups excluding tert-OH is 2. The minimum absolute atomic E-state index is 0.103. The first-order valence-electron chi connectivity index (χ1n) is 10.3. The van der Waals surface area contributed by atoms with Gasteiger partial charge in [-0.05, 0) is 71.6 Å². The maximum atomic E-state index is 10.1. The Kier molecular flexibility index (Phi) is 13.4. The van der Waals surface area contributed by atoms with E-state index in [0.717, 1.165) is 32.1 Å². The summed E-state index contributed by atoms with van der Waals surface area (Å²) in [5.74, 6) is 0.215. The molecule has 2 N–H and O–H groups in total. The van der Waals surface area contributed by atoms with Crippen LogP contribution in [-0.4, -0.2) is 22.4 Å². The molecule has 26 heavy (non-hydrogen) atoms. The Bertz CT molecular complexity index is 492. The summed E-state index contributed by atoms with van der Waals surface area (Å²) in [5, 5.41) is 20.0. The van der Waals surface area contributed by atoms with Gasteiger partial charge in [0.05, 0.1) is 12.2 Å². The number of allylic oxidation sites excluding steroid dienone is 6. The quantitative estimate of drug-likeness (QED) is 0.493. The highest BCUT2D eigenvalue weighted by molar-refractivity contribution is 5.10. The monoisotopic (exact) mass is 362 g/mol. The Labute approximate surface area is 162 Å². The molecule has 0 saturated carbocycles. The molecule has 1 aliphatic rings. The van der Waals surface area contributed by atoms with E-state index in [1.807, 2.05) is 20.8 Å². The number of hydrogen-bond donors (Lipinski definition) is 2. The fraction of sp³-hybridized carbons (Fsp3) is 0.667. The van der Waals surface area contributed by atoms with E-state index >= 15 is 0 Å². The highest BCUT2D eigenvalue weighted by Crippen LogP contribution is 2.29. The second-order valence-corrected chi connectivity index (χ2v) is 7.58. The van der Waals surface area contributed by atoms with Crippen LogP contribution in [0.25, 0.3) is 0 Å². The third-order valence-corrected chi connectivity index (χ3v) is 5.02. The third kappa shape index (κ3) is 10.1. The molecule has 0 spiro atoms. The Morgan fingerprint density at radius 2 is 1.31 bits per heavy atom. The van der Waals surface area contributed by atoms with Crippen LogP contribution in [-0.2, 0) is 0 Å². The van der Waals surface area contributed by atoms with Gasteiger partial charge in [0.1, 0.15) is 0 Å². The minimum Gasteiger partial charge on any atom is -0.389 e. The molecular formula is C24H42O2. The summed E-state index contributed by atoms with van der Waals surface area (Å²) in [7, 11) is 0. The van der Waals surface area contributed by atoms with Gasteiger partial charge in [0.2, 0.25) is 0 Å². The van der Waals surface area contributed by atoms with E-state index in [0.29, 0.717) is 0 Å². The van der Waals surface area contributed by atoms with Gasteiger partial charge in [-0.3, -0.25) is 0 Å². The predicted octanol–water partition coefficient (Wildman–Crippen LogP) is 6.37. The van der Waals surface area contributed by atoms with Gasteiger partial charge in [0, 0.05) is 0 Å². The number of hydrogen-bond acceptors (Lipinski definition) is 2. The van der Waals surface area contributed by atoms with Crippen molar-refractivity contribution in [2.45, 2.75) is 92.8 Å². The lowest BCUT2D eigenvalue weighted by molar-refractivity contribution is 0.0432. The van der Waals surface area contributed by atoms with Crippen molar-refractivity contribution < 1.29 is 10.2 Å². The Morgan fingerprint density at radius 3 is 1.88 bits per heavy atom. The molecule has 1 aliphatic carbocycles. The lowest BCUT2D eigenvalue weighted by Crippen LogP contribution is -2.35. The van der Waals surface area contributed by atoms with E-state index in [4.69, 9.17) is 0 Å². The molecule has 2 heteroatoms. The molecule has 150 valence electrons. The van der Waals surface area contributed by atoms with Crippen LogP contribution in [0.3, 0.4) is 0 Å². The van der Waals surface area contributed by atoms with E-state index in [2.05, 4.69) is 45.9 Å². The van der Waals surface area contributed by atoms with Gasteiger partial charge >= 0.3 is 0 Å². The average Bonchev–Trinajstić information content (AvgIpc) is 2.59. The molecule has 0 aromatic carbocycles. The Balaban J connectivity index is 0.00000301. The summed E-state index contributed by atoms with van der Waals surface area (Å²) < 4.78 is 0. The van der Waals surface area contributed by atoms with Crippen LogP contribution in [0.2, 0.25) is 0 Å². The molecule has 0 saturated heterocycles. The fourth-order valence-corrected chi connectivity index (χ4v) is 3.14. The number of rotatable bonds is 8. The lowest BCUT2D eigenvalue weighted by atomic mass is 9.78. The van der Waals surface area contributed by atoms with Gasteiger partial charge in [-0.1, -0.05) is 67.9 Å². The molecule has 4 atom stereocenters. The first-order chi connectivity index (χ1) is 12.3. The normalized spacial score (nSPS) is 26.2.